The van der Waals surface area contributed by atoms with Gasteiger partial charge in [-0.05, 0) is 19.3 Å². The highest BCUT2D eigenvalue weighted by atomic mass is 35.5. The second kappa shape index (κ2) is 6.90. The van der Waals surface area contributed by atoms with Crippen LogP contribution in [0.3, 0.4) is 0 Å². The first-order chi connectivity index (χ1) is 3.66. The molecular weight excluding hydrogens is 150 g/mol. The van der Waals surface area contributed by atoms with E-state index in [2.05, 4.69) is 37.4 Å². The quantitative estimate of drug-likeness (QED) is 0.580. The van der Waals surface area contributed by atoms with Crippen LogP contribution in [-0.4, -0.2) is 22.7 Å². The first kappa shape index (κ1) is 12.5. The van der Waals surface area contributed by atoms with Crippen LogP contribution in [0.15, 0.2) is 0 Å². The third kappa shape index (κ3) is 8.78. The van der Waals surface area contributed by atoms with Crippen LogP contribution in [-0.2, 0) is 3.79 Å². The van der Waals surface area contributed by atoms with Crippen LogP contribution in [0.4, 0.5) is 0 Å². The van der Waals surface area contributed by atoms with Gasteiger partial charge < -0.3 is 3.79 Å². The summed E-state index contributed by atoms with van der Waals surface area (Å²) in [5.74, 6) is 0.741. The van der Waals surface area contributed by atoms with Crippen molar-refractivity contribution in [2.75, 3.05) is 0 Å². The van der Waals surface area contributed by atoms with E-state index >= 15 is 0 Å². The Morgan fingerprint density at radius 1 is 1.33 bits per heavy atom. The Balaban J connectivity index is 0. The van der Waals surface area contributed by atoms with E-state index in [9.17, 15) is 0 Å². The molecule has 0 rings (SSSR count). The molecule has 0 aromatic heterocycles. The third-order valence-electron chi connectivity index (χ3n) is 1.04. The third-order valence-corrected chi connectivity index (χ3v) is 1.50. The van der Waals surface area contributed by atoms with Crippen LogP contribution in [0.25, 0.3) is 0 Å². The van der Waals surface area contributed by atoms with Crippen LogP contribution >= 0.6 is 12.4 Å². The van der Waals surface area contributed by atoms with E-state index < -0.39 is 0 Å². The maximum absolute atomic E-state index is 4.98. The van der Waals surface area contributed by atoms with Crippen molar-refractivity contribution < 1.29 is 3.79 Å². The molecule has 0 spiro atoms. The van der Waals surface area contributed by atoms with Crippen molar-refractivity contribution in [2.24, 2.45) is 5.92 Å². The van der Waals surface area contributed by atoms with Gasteiger partial charge in [0.2, 0.25) is 0 Å². The summed E-state index contributed by atoms with van der Waals surface area (Å²) < 4.78 is 4.98. The SMILES string of the molecule is CC(C)CC(C)[O][Al].Cl. The van der Waals surface area contributed by atoms with Crippen molar-refractivity contribution in [2.45, 2.75) is 33.3 Å². The van der Waals surface area contributed by atoms with Crippen molar-refractivity contribution in [3.63, 3.8) is 0 Å². The normalized spacial score (nSPS) is 12.9. The molecule has 0 saturated carbocycles. The fourth-order valence-corrected chi connectivity index (χ4v) is 0.831. The lowest BCUT2D eigenvalue weighted by Gasteiger charge is -2.12. The van der Waals surface area contributed by atoms with Gasteiger partial charge in [0.15, 0.2) is 0 Å². The highest BCUT2D eigenvalue weighted by molar-refractivity contribution is 5.98. The van der Waals surface area contributed by atoms with Crippen molar-refractivity contribution in [1.29, 1.82) is 0 Å². The van der Waals surface area contributed by atoms with Gasteiger partial charge in [0.1, 0.15) is 0 Å². The second-order valence-corrected chi connectivity index (χ2v) is 2.85. The van der Waals surface area contributed by atoms with E-state index in [1.54, 1.807) is 0 Å². The average Bonchev–Trinajstić information content (AvgIpc) is 1.65. The summed E-state index contributed by atoms with van der Waals surface area (Å²) in [4.78, 5) is 0. The molecule has 9 heavy (non-hydrogen) atoms. The second-order valence-electron chi connectivity index (χ2n) is 2.58. The van der Waals surface area contributed by atoms with Gasteiger partial charge in [0.05, 0.1) is 0 Å². The molecule has 0 fully saturated rings. The molecule has 0 saturated heterocycles. The molecule has 0 aliphatic carbocycles. The van der Waals surface area contributed by atoms with Crippen molar-refractivity contribution in [3.8, 4) is 0 Å². The summed E-state index contributed by atoms with van der Waals surface area (Å²) in [5.41, 5.74) is 0. The molecule has 0 heterocycles. The van der Waals surface area contributed by atoms with Gasteiger partial charge in [-0.2, -0.15) is 0 Å². The molecule has 0 bridgehead atoms. The molecule has 2 radical (unpaired) electrons. The highest BCUT2D eigenvalue weighted by Crippen LogP contribution is 2.05. The molecule has 0 aromatic rings. The zero-order valence-electron chi connectivity index (χ0n) is 6.26. The first-order valence-electron chi connectivity index (χ1n) is 3.02. The lowest BCUT2D eigenvalue weighted by atomic mass is 10.1. The lowest BCUT2D eigenvalue weighted by Crippen LogP contribution is -2.08. The Hall–Kier alpha value is 0.782. The number of rotatable bonds is 3. The maximum atomic E-state index is 4.98. The minimum absolute atomic E-state index is 0. The summed E-state index contributed by atoms with van der Waals surface area (Å²) in [6.45, 7) is 6.47. The predicted octanol–water partition coefficient (Wildman–Crippen LogP) is 1.94. The molecule has 0 aliphatic rings. The molecule has 1 unspecified atom stereocenters. The smallest absolute Gasteiger partial charge is 0.369 e. The minimum atomic E-state index is 0. The molecule has 0 aromatic carbocycles. The van der Waals surface area contributed by atoms with Crippen LogP contribution < -0.4 is 0 Å². The fourth-order valence-electron chi connectivity index (χ4n) is 0.719. The summed E-state index contributed by atoms with van der Waals surface area (Å²) in [6, 6.07) is 0. The summed E-state index contributed by atoms with van der Waals surface area (Å²) in [5, 5.41) is 0. The molecule has 1 nitrogen and oxygen atoms in total. The standard InChI is InChI=1S/C6H13O.Al.ClH/c1-5(2)4-6(3)7;;/h5-6H,4H2,1-3H3;;1H/q-1;+1;. The summed E-state index contributed by atoms with van der Waals surface area (Å²) in [6.07, 6.45) is 1.53. The van der Waals surface area contributed by atoms with E-state index in [0.29, 0.717) is 6.10 Å². The molecule has 1 atom stereocenters. The zero-order valence-corrected chi connectivity index (χ0v) is 8.23. The van der Waals surface area contributed by atoms with Gasteiger partial charge in [-0.1, -0.05) is 13.8 Å². The fraction of sp³-hybridized carbons (Fsp3) is 1.00. The molecule has 54 valence electrons. The van der Waals surface area contributed by atoms with Gasteiger partial charge >= 0.3 is 16.6 Å². The van der Waals surface area contributed by atoms with E-state index in [1.165, 1.54) is 0 Å². The van der Waals surface area contributed by atoms with E-state index in [-0.39, 0.29) is 12.4 Å². The van der Waals surface area contributed by atoms with E-state index in [1.807, 2.05) is 0 Å². The van der Waals surface area contributed by atoms with Crippen molar-refractivity contribution >= 4 is 29.0 Å². The summed E-state index contributed by atoms with van der Waals surface area (Å²) >= 11 is 2.28. The predicted molar refractivity (Wildman–Crippen MR) is 43.0 cm³/mol. The van der Waals surface area contributed by atoms with Gasteiger partial charge in [0, 0.05) is 6.10 Å². The molecule has 0 N–H and O–H groups in total. The topological polar surface area (TPSA) is 9.23 Å². The first-order valence-corrected chi connectivity index (χ1v) is 3.49. The number of hydrogen-bond acceptors (Lipinski definition) is 1. The van der Waals surface area contributed by atoms with Crippen molar-refractivity contribution in [1.82, 2.24) is 0 Å². The van der Waals surface area contributed by atoms with E-state index in [4.69, 9.17) is 3.79 Å². The Kier molecular flexibility index (Phi) is 9.55. The van der Waals surface area contributed by atoms with E-state index in [0.717, 1.165) is 12.3 Å². The van der Waals surface area contributed by atoms with Crippen LogP contribution in [0.5, 0.6) is 0 Å². The lowest BCUT2D eigenvalue weighted by molar-refractivity contribution is 0.211. The minimum Gasteiger partial charge on any atom is -0.514 e. The Morgan fingerprint density at radius 3 is 1.89 bits per heavy atom. The van der Waals surface area contributed by atoms with Crippen LogP contribution in [0, 0.1) is 5.92 Å². The van der Waals surface area contributed by atoms with Gasteiger partial charge in [-0.15, -0.1) is 12.4 Å². The maximum Gasteiger partial charge on any atom is 0.369 e. The highest BCUT2D eigenvalue weighted by Gasteiger charge is 1.99. The van der Waals surface area contributed by atoms with Gasteiger partial charge in [0.25, 0.3) is 0 Å². The number of hydrogen-bond donors (Lipinski definition) is 0. The molecule has 0 aliphatic heterocycles. The molecule has 0 amide bonds. The van der Waals surface area contributed by atoms with Gasteiger partial charge in [-0.25, -0.2) is 0 Å². The molecular formula is C6H14AlClO. The molecule has 3 heteroatoms. The van der Waals surface area contributed by atoms with Crippen LogP contribution in [0.2, 0.25) is 0 Å². The Labute approximate surface area is 72.3 Å². The largest absolute Gasteiger partial charge is 0.514 e. The average molecular weight is 165 g/mol. The monoisotopic (exact) mass is 164 g/mol. The van der Waals surface area contributed by atoms with Gasteiger partial charge in [-0.3, -0.25) is 0 Å². The Bertz CT molecular complexity index is 59.0. The van der Waals surface area contributed by atoms with Crippen LogP contribution in [0.1, 0.15) is 27.2 Å². The number of halogens is 1. The zero-order chi connectivity index (χ0) is 6.57. The summed E-state index contributed by atoms with van der Waals surface area (Å²) in [7, 11) is 0. The van der Waals surface area contributed by atoms with Crippen molar-refractivity contribution in [3.05, 3.63) is 0 Å². The Morgan fingerprint density at radius 2 is 1.78 bits per heavy atom.